The summed E-state index contributed by atoms with van der Waals surface area (Å²) in [5.41, 5.74) is 3.68. The smallest absolute Gasteiger partial charge is 0.0739 e. The van der Waals surface area contributed by atoms with Gasteiger partial charge in [-0.25, -0.2) is 0 Å². The predicted molar refractivity (Wildman–Crippen MR) is 66.5 cm³/mol. The van der Waals surface area contributed by atoms with Gasteiger partial charge in [0.15, 0.2) is 0 Å². The van der Waals surface area contributed by atoms with Crippen molar-refractivity contribution in [1.29, 1.82) is 0 Å². The van der Waals surface area contributed by atoms with E-state index in [0.29, 0.717) is 26.4 Å². The van der Waals surface area contributed by atoms with Gasteiger partial charge >= 0.3 is 0 Å². The number of rotatable bonds is 10. The van der Waals surface area contributed by atoms with E-state index in [9.17, 15) is 0 Å². The Morgan fingerprint density at radius 2 is 1.18 bits per heavy atom. The molecule has 0 heterocycles. The fourth-order valence-corrected chi connectivity index (χ4v) is 0.876. The van der Waals surface area contributed by atoms with Crippen LogP contribution in [0.3, 0.4) is 0 Å². The molecule has 0 amide bonds. The number of unbranched alkanes of at least 4 members (excludes halogenated alkanes) is 1. The summed E-state index contributed by atoms with van der Waals surface area (Å²) in [5, 5.41) is 0. The number of halogens is 1. The molecular weight excluding hydrogens is 242 g/mol. The maximum Gasteiger partial charge on any atom is 0.0739 e. The number of hydrogen-bond donors (Lipinski definition) is 1. The molecule has 0 aliphatic rings. The minimum absolute atomic E-state index is 0. The minimum atomic E-state index is 0. The van der Waals surface area contributed by atoms with Crippen LogP contribution in [0.1, 0.15) is 33.6 Å². The molecule has 17 heavy (non-hydrogen) atoms. The van der Waals surface area contributed by atoms with Crippen LogP contribution in [0, 0.1) is 0 Å². The lowest BCUT2D eigenvalue weighted by atomic mass is 10.3. The summed E-state index contributed by atoms with van der Waals surface area (Å²) < 4.78 is 15.3. The lowest BCUT2D eigenvalue weighted by Crippen LogP contribution is -3.00. The van der Waals surface area contributed by atoms with Crippen LogP contribution >= 0.6 is 0 Å². The second kappa shape index (κ2) is 25.1. The Balaban J connectivity index is -0.000000280. The molecule has 108 valence electrons. The largest absolute Gasteiger partial charge is 1.00 e. The molecule has 0 aliphatic heterocycles. The van der Waals surface area contributed by atoms with Crippen molar-refractivity contribution in [3.05, 3.63) is 0 Å². The Morgan fingerprint density at radius 1 is 0.765 bits per heavy atom. The molecule has 0 saturated heterocycles. The van der Waals surface area contributed by atoms with Crippen LogP contribution in [0.15, 0.2) is 0 Å². The summed E-state index contributed by atoms with van der Waals surface area (Å²) in [7, 11) is 0. The van der Waals surface area contributed by atoms with Gasteiger partial charge in [0, 0.05) is 13.2 Å². The normalized spacial score (nSPS) is 9.18. The first-order valence-electron chi connectivity index (χ1n) is 6.35. The molecule has 0 atom stereocenters. The van der Waals surface area contributed by atoms with Crippen molar-refractivity contribution in [3.63, 3.8) is 0 Å². The Morgan fingerprint density at radius 3 is 1.41 bits per heavy atom. The molecule has 0 rings (SSSR count). The van der Waals surface area contributed by atoms with Crippen molar-refractivity contribution in [2.75, 3.05) is 46.2 Å². The lowest BCUT2D eigenvalue weighted by molar-refractivity contribution is -0.368. The van der Waals surface area contributed by atoms with Crippen molar-refractivity contribution < 1.29 is 32.4 Å². The van der Waals surface area contributed by atoms with E-state index in [2.05, 4.69) is 12.7 Å². The maximum absolute atomic E-state index is 5.19. The third kappa shape index (κ3) is 31.4. The molecule has 4 nitrogen and oxygen atoms in total. The van der Waals surface area contributed by atoms with Gasteiger partial charge in [0.1, 0.15) is 0 Å². The molecule has 0 saturated carbocycles. The number of hydrogen-bond acceptors (Lipinski definition) is 3. The van der Waals surface area contributed by atoms with Gasteiger partial charge in [-0.1, -0.05) is 13.3 Å². The van der Waals surface area contributed by atoms with Gasteiger partial charge < -0.3 is 32.4 Å². The van der Waals surface area contributed by atoms with Gasteiger partial charge in [-0.15, -0.1) is 0 Å². The van der Waals surface area contributed by atoms with Gasteiger partial charge in [0.2, 0.25) is 0 Å². The Bertz CT molecular complexity index is 97.8. The summed E-state index contributed by atoms with van der Waals surface area (Å²) in [6, 6.07) is 0. The van der Waals surface area contributed by atoms with Crippen molar-refractivity contribution in [2.45, 2.75) is 33.6 Å². The fraction of sp³-hybridized carbons (Fsp3) is 1.00. The molecule has 0 aromatic rings. The topological polar surface area (TPSA) is 55.3 Å². The summed E-state index contributed by atoms with van der Waals surface area (Å²) in [4.78, 5) is 0. The zero-order valence-electron chi connectivity index (χ0n) is 11.7. The first-order chi connectivity index (χ1) is 7.83. The zero-order chi connectivity index (χ0) is 12.5. The predicted octanol–water partition coefficient (Wildman–Crippen LogP) is -1.89. The first-order valence-corrected chi connectivity index (χ1v) is 6.35. The molecule has 0 spiro atoms. The number of quaternary nitrogens is 1. The zero-order valence-corrected chi connectivity index (χ0v) is 12.4. The Kier molecular flexibility index (Phi) is 33.0. The highest BCUT2D eigenvalue weighted by Crippen LogP contribution is 1.79. The maximum atomic E-state index is 5.19. The van der Waals surface area contributed by atoms with Gasteiger partial charge in [0.05, 0.1) is 33.0 Å². The van der Waals surface area contributed by atoms with Crippen LogP contribution < -0.4 is 18.1 Å². The van der Waals surface area contributed by atoms with Gasteiger partial charge in [-0.3, -0.25) is 0 Å². The van der Waals surface area contributed by atoms with Crippen molar-refractivity contribution >= 4 is 0 Å². The Hall–Kier alpha value is 0.130. The number of ether oxygens (including phenoxy) is 3. The average Bonchev–Trinajstić information content (AvgIpc) is 2.30. The minimum Gasteiger partial charge on any atom is -1.00 e. The van der Waals surface area contributed by atoms with E-state index < -0.39 is 0 Å². The van der Waals surface area contributed by atoms with E-state index in [4.69, 9.17) is 14.2 Å². The van der Waals surface area contributed by atoms with Gasteiger partial charge in [0.25, 0.3) is 0 Å². The molecule has 5 heteroatoms. The molecule has 0 aromatic heterocycles. The van der Waals surface area contributed by atoms with E-state index >= 15 is 0 Å². The van der Waals surface area contributed by atoms with E-state index in [1.165, 1.54) is 12.8 Å². The molecule has 0 aliphatic carbocycles. The van der Waals surface area contributed by atoms with Gasteiger partial charge in [-0.2, -0.15) is 0 Å². The first kappa shape index (κ1) is 22.3. The standard InChI is InChI=1S/C8H18O3.C4H11N.ClH/c1-3-9-5-7-11-8-6-10-4-2;1-2-3-4-5;/h3-8H2,1-2H3;2-5H2,1H3;1H. The van der Waals surface area contributed by atoms with Crippen LogP contribution in [0.2, 0.25) is 0 Å². The average molecular weight is 272 g/mol. The summed E-state index contributed by atoms with van der Waals surface area (Å²) in [5.74, 6) is 0. The molecular formula is C12H30ClNO3. The molecule has 0 unspecified atom stereocenters. The molecule has 3 N–H and O–H groups in total. The second-order valence-electron chi connectivity index (χ2n) is 3.21. The quantitative estimate of drug-likeness (QED) is 0.473. The monoisotopic (exact) mass is 271 g/mol. The van der Waals surface area contributed by atoms with Crippen molar-refractivity contribution in [2.24, 2.45) is 0 Å². The van der Waals surface area contributed by atoms with E-state index in [1.54, 1.807) is 0 Å². The highest BCUT2D eigenvalue weighted by molar-refractivity contribution is 4.30. The molecule has 0 aromatic carbocycles. The third-order valence-electron chi connectivity index (χ3n) is 1.76. The van der Waals surface area contributed by atoms with E-state index in [1.807, 2.05) is 13.8 Å². The lowest BCUT2D eigenvalue weighted by Gasteiger charge is -2.03. The summed E-state index contributed by atoms with van der Waals surface area (Å²) in [6.45, 7) is 11.4. The van der Waals surface area contributed by atoms with E-state index in [0.717, 1.165) is 19.8 Å². The van der Waals surface area contributed by atoms with Crippen molar-refractivity contribution in [3.8, 4) is 0 Å². The molecule has 0 bridgehead atoms. The van der Waals surface area contributed by atoms with E-state index in [-0.39, 0.29) is 12.4 Å². The summed E-state index contributed by atoms with van der Waals surface area (Å²) >= 11 is 0. The summed E-state index contributed by atoms with van der Waals surface area (Å²) in [6.07, 6.45) is 2.56. The molecule has 0 fully saturated rings. The van der Waals surface area contributed by atoms with Crippen LogP contribution in [0.4, 0.5) is 0 Å². The molecule has 0 radical (unpaired) electrons. The third-order valence-corrected chi connectivity index (χ3v) is 1.76. The fourth-order valence-electron chi connectivity index (χ4n) is 0.876. The van der Waals surface area contributed by atoms with Gasteiger partial charge in [-0.05, 0) is 20.3 Å². The van der Waals surface area contributed by atoms with Crippen LogP contribution in [0.5, 0.6) is 0 Å². The van der Waals surface area contributed by atoms with Crippen LogP contribution in [-0.4, -0.2) is 46.2 Å². The highest BCUT2D eigenvalue weighted by Gasteiger charge is 1.87. The van der Waals surface area contributed by atoms with Crippen LogP contribution in [0.25, 0.3) is 0 Å². The second-order valence-corrected chi connectivity index (χ2v) is 3.21. The Labute approximate surface area is 113 Å². The van der Waals surface area contributed by atoms with Crippen LogP contribution in [-0.2, 0) is 14.2 Å². The SMILES string of the molecule is CCCC[NH3+].CCOCCOCCOCC.[Cl-]. The highest BCUT2D eigenvalue weighted by atomic mass is 35.5. The van der Waals surface area contributed by atoms with Crippen molar-refractivity contribution in [1.82, 2.24) is 0 Å².